The second kappa shape index (κ2) is 10.8. The largest absolute Gasteiger partial charge is 0.488 e. The molecule has 0 aliphatic carbocycles. The Morgan fingerprint density at radius 3 is 2.52 bits per heavy atom. The summed E-state index contributed by atoms with van der Waals surface area (Å²) >= 11 is 6.12. The van der Waals surface area contributed by atoms with Crippen LogP contribution in [-0.4, -0.2) is 24.5 Å². The number of para-hydroxylation sites is 1. The van der Waals surface area contributed by atoms with E-state index in [0.29, 0.717) is 10.8 Å². The van der Waals surface area contributed by atoms with Gasteiger partial charge in [-0.15, -0.1) is 0 Å². The van der Waals surface area contributed by atoms with Gasteiger partial charge in [-0.3, -0.25) is 10.1 Å². The zero-order valence-corrected chi connectivity index (χ0v) is 17.1. The fraction of sp³-hybridized carbons (Fsp3) is 0.136. The molecule has 0 unspecified atom stereocenters. The molecule has 0 spiro atoms. The summed E-state index contributed by atoms with van der Waals surface area (Å²) < 4.78 is 15.8. The first-order chi connectivity index (χ1) is 15.0. The number of imide groups is 1. The zero-order chi connectivity index (χ0) is 22.1. The molecule has 3 aromatic rings. The molecule has 1 aromatic heterocycles. The van der Waals surface area contributed by atoms with Crippen LogP contribution < -0.4 is 15.4 Å². The number of halogens is 1. The number of hydrogen-bond donors (Lipinski definition) is 2. The number of ether oxygens (including phenoxy) is 2. The fourth-order valence-electron chi connectivity index (χ4n) is 2.53. The van der Waals surface area contributed by atoms with E-state index < -0.39 is 24.5 Å². The second-order valence-corrected chi connectivity index (χ2v) is 6.67. The molecular formula is C22H19ClN2O6. The Kier molecular flexibility index (Phi) is 7.67. The summed E-state index contributed by atoms with van der Waals surface area (Å²) in [4.78, 5) is 36.0. The molecule has 2 aromatic carbocycles. The molecule has 0 bridgehead atoms. The first-order valence-corrected chi connectivity index (χ1v) is 9.63. The highest BCUT2D eigenvalue weighted by atomic mass is 35.5. The highest BCUT2D eigenvalue weighted by molar-refractivity contribution is 6.31. The third-order valence-electron chi connectivity index (χ3n) is 4.04. The van der Waals surface area contributed by atoms with Gasteiger partial charge in [0.15, 0.2) is 6.61 Å². The van der Waals surface area contributed by atoms with Gasteiger partial charge in [0.25, 0.3) is 5.91 Å². The number of benzene rings is 2. The molecule has 2 N–H and O–H groups in total. The van der Waals surface area contributed by atoms with Gasteiger partial charge in [0.05, 0.1) is 12.8 Å². The van der Waals surface area contributed by atoms with Crippen molar-refractivity contribution < 1.29 is 28.3 Å². The average molecular weight is 443 g/mol. The van der Waals surface area contributed by atoms with Gasteiger partial charge < -0.3 is 19.2 Å². The van der Waals surface area contributed by atoms with Gasteiger partial charge in [0, 0.05) is 10.6 Å². The van der Waals surface area contributed by atoms with Crippen LogP contribution in [0.15, 0.2) is 71.3 Å². The summed E-state index contributed by atoms with van der Waals surface area (Å²) in [5.41, 5.74) is 0.900. The molecule has 0 radical (unpaired) electrons. The Hall–Kier alpha value is -3.78. The van der Waals surface area contributed by atoms with E-state index in [4.69, 9.17) is 25.5 Å². The quantitative estimate of drug-likeness (QED) is 0.515. The number of hydrogen-bond acceptors (Lipinski definition) is 6. The Morgan fingerprint density at radius 1 is 0.968 bits per heavy atom. The van der Waals surface area contributed by atoms with Crippen molar-refractivity contribution in [2.75, 3.05) is 6.61 Å². The van der Waals surface area contributed by atoms with Crippen LogP contribution in [-0.2, 0) is 22.7 Å². The van der Waals surface area contributed by atoms with Crippen LogP contribution in [0.5, 0.6) is 5.75 Å². The van der Waals surface area contributed by atoms with Crippen molar-refractivity contribution in [3.8, 4) is 5.75 Å². The van der Waals surface area contributed by atoms with E-state index in [-0.39, 0.29) is 24.5 Å². The first kappa shape index (κ1) is 21.9. The Bertz CT molecular complexity index is 1050. The van der Waals surface area contributed by atoms with Crippen LogP contribution in [0.1, 0.15) is 21.7 Å². The van der Waals surface area contributed by atoms with Crippen LogP contribution in [0, 0.1) is 0 Å². The average Bonchev–Trinajstić information content (AvgIpc) is 3.29. The number of amides is 3. The van der Waals surface area contributed by atoms with Crippen molar-refractivity contribution >= 4 is 29.5 Å². The van der Waals surface area contributed by atoms with E-state index in [1.54, 1.807) is 42.5 Å². The van der Waals surface area contributed by atoms with E-state index in [2.05, 4.69) is 10.6 Å². The number of furan rings is 1. The lowest BCUT2D eigenvalue weighted by Gasteiger charge is -2.12. The Labute approximate surface area is 183 Å². The third kappa shape index (κ3) is 6.61. The molecule has 1 heterocycles. The lowest BCUT2D eigenvalue weighted by molar-refractivity contribution is -0.123. The SMILES string of the molecule is O=C(COC(=O)c1ccccc1OCc1ccccc1Cl)NC(=O)NCc1ccco1. The van der Waals surface area contributed by atoms with Gasteiger partial charge in [-0.05, 0) is 30.3 Å². The van der Waals surface area contributed by atoms with E-state index in [1.165, 1.54) is 12.3 Å². The molecule has 3 rings (SSSR count). The van der Waals surface area contributed by atoms with Crippen molar-refractivity contribution in [2.45, 2.75) is 13.2 Å². The van der Waals surface area contributed by atoms with Crippen LogP contribution in [0.4, 0.5) is 4.79 Å². The molecular weight excluding hydrogens is 424 g/mol. The minimum Gasteiger partial charge on any atom is -0.488 e. The topological polar surface area (TPSA) is 107 Å². The number of esters is 1. The third-order valence-corrected chi connectivity index (χ3v) is 4.41. The van der Waals surface area contributed by atoms with E-state index in [1.807, 2.05) is 12.1 Å². The first-order valence-electron chi connectivity index (χ1n) is 9.25. The monoisotopic (exact) mass is 442 g/mol. The van der Waals surface area contributed by atoms with Crippen molar-refractivity contribution in [3.05, 3.63) is 88.8 Å². The summed E-state index contributed by atoms with van der Waals surface area (Å²) in [5.74, 6) is -0.730. The molecule has 8 nitrogen and oxygen atoms in total. The predicted molar refractivity (Wildman–Crippen MR) is 112 cm³/mol. The van der Waals surface area contributed by atoms with Gasteiger partial charge in [-0.25, -0.2) is 9.59 Å². The van der Waals surface area contributed by atoms with Crippen LogP contribution in [0.3, 0.4) is 0 Å². The van der Waals surface area contributed by atoms with Crippen LogP contribution >= 0.6 is 11.6 Å². The molecule has 3 amide bonds. The van der Waals surface area contributed by atoms with E-state index in [9.17, 15) is 14.4 Å². The van der Waals surface area contributed by atoms with Gasteiger partial charge >= 0.3 is 12.0 Å². The second-order valence-electron chi connectivity index (χ2n) is 6.26. The smallest absolute Gasteiger partial charge is 0.342 e. The molecule has 160 valence electrons. The van der Waals surface area contributed by atoms with Gasteiger partial charge in [0.1, 0.15) is 23.7 Å². The lowest BCUT2D eigenvalue weighted by atomic mass is 10.2. The predicted octanol–water partition coefficient (Wildman–Crippen LogP) is 3.69. The maximum absolute atomic E-state index is 12.4. The Morgan fingerprint density at radius 2 is 1.74 bits per heavy atom. The molecule has 0 aliphatic rings. The summed E-state index contributed by atoms with van der Waals surface area (Å²) in [7, 11) is 0. The summed E-state index contributed by atoms with van der Waals surface area (Å²) in [6.07, 6.45) is 1.47. The minimum absolute atomic E-state index is 0.113. The highest BCUT2D eigenvalue weighted by Crippen LogP contribution is 2.22. The lowest BCUT2D eigenvalue weighted by Crippen LogP contribution is -2.41. The maximum Gasteiger partial charge on any atom is 0.342 e. The molecule has 9 heteroatoms. The zero-order valence-electron chi connectivity index (χ0n) is 16.3. The molecule has 0 saturated carbocycles. The normalized spacial score (nSPS) is 10.2. The Balaban J connectivity index is 1.49. The van der Waals surface area contributed by atoms with Crippen LogP contribution in [0.2, 0.25) is 5.02 Å². The van der Waals surface area contributed by atoms with Gasteiger partial charge in [-0.1, -0.05) is 41.9 Å². The molecule has 0 fully saturated rings. The van der Waals surface area contributed by atoms with Crippen molar-refractivity contribution in [2.24, 2.45) is 0 Å². The highest BCUT2D eigenvalue weighted by Gasteiger charge is 2.17. The maximum atomic E-state index is 12.4. The number of nitrogens with one attached hydrogen (secondary N) is 2. The molecule has 0 saturated heterocycles. The number of carbonyl (C=O) groups excluding carboxylic acids is 3. The van der Waals surface area contributed by atoms with E-state index >= 15 is 0 Å². The number of urea groups is 1. The van der Waals surface area contributed by atoms with Crippen molar-refractivity contribution in [1.82, 2.24) is 10.6 Å². The van der Waals surface area contributed by atoms with Gasteiger partial charge in [0.2, 0.25) is 0 Å². The summed E-state index contributed by atoms with van der Waals surface area (Å²) in [6, 6.07) is 16.3. The number of carbonyl (C=O) groups is 3. The van der Waals surface area contributed by atoms with Crippen LogP contribution in [0.25, 0.3) is 0 Å². The summed E-state index contributed by atoms with van der Waals surface area (Å²) in [6.45, 7) is -0.367. The van der Waals surface area contributed by atoms with E-state index in [0.717, 1.165) is 5.56 Å². The standard InChI is InChI=1S/C22H19ClN2O6/c23-18-9-3-1-6-15(18)13-30-19-10-4-2-8-17(19)21(27)31-14-20(26)25-22(28)24-12-16-7-5-11-29-16/h1-11H,12-14H2,(H2,24,25,26,28). The number of rotatable bonds is 8. The minimum atomic E-state index is -0.778. The molecule has 0 aliphatic heterocycles. The summed E-state index contributed by atoms with van der Waals surface area (Å²) in [5, 5.41) is 5.05. The molecule has 31 heavy (non-hydrogen) atoms. The van der Waals surface area contributed by atoms with Gasteiger partial charge in [-0.2, -0.15) is 0 Å². The molecule has 0 atom stereocenters. The fourth-order valence-corrected chi connectivity index (χ4v) is 2.72. The van der Waals surface area contributed by atoms with Crippen molar-refractivity contribution in [1.29, 1.82) is 0 Å². The van der Waals surface area contributed by atoms with Crippen molar-refractivity contribution in [3.63, 3.8) is 0 Å².